The van der Waals surface area contributed by atoms with Gasteiger partial charge in [0.15, 0.2) is 0 Å². The fraction of sp³-hybridized carbons (Fsp3) is 0.889. The SMILES string of the molecule is CC1(C)C2CN(C(=O)CNC(=O)N3CC4(C3)CC3(CCC3)O4)CC21. The number of hydrogen-bond donors (Lipinski definition) is 1. The second-order valence-corrected chi connectivity index (χ2v) is 9.35. The van der Waals surface area contributed by atoms with E-state index in [9.17, 15) is 9.59 Å². The van der Waals surface area contributed by atoms with Crippen LogP contribution in [0.15, 0.2) is 0 Å². The van der Waals surface area contributed by atoms with Crippen molar-refractivity contribution in [2.45, 2.75) is 50.7 Å². The van der Waals surface area contributed by atoms with Crippen LogP contribution in [0, 0.1) is 17.3 Å². The van der Waals surface area contributed by atoms with Crippen LogP contribution in [0.5, 0.6) is 0 Å². The van der Waals surface area contributed by atoms with E-state index < -0.39 is 0 Å². The van der Waals surface area contributed by atoms with Crippen molar-refractivity contribution in [2.24, 2.45) is 17.3 Å². The molecule has 0 bridgehead atoms. The van der Waals surface area contributed by atoms with Gasteiger partial charge < -0.3 is 19.9 Å². The lowest BCUT2D eigenvalue weighted by Gasteiger charge is -2.66. The van der Waals surface area contributed by atoms with Gasteiger partial charge in [-0.3, -0.25) is 4.79 Å². The van der Waals surface area contributed by atoms with Crippen LogP contribution in [-0.2, 0) is 9.53 Å². The summed E-state index contributed by atoms with van der Waals surface area (Å²) in [6.45, 7) is 7.74. The number of carbonyl (C=O) groups excluding carboxylic acids is 2. The normalized spacial score (nSPS) is 35.8. The molecule has 0 aromatic rings. The molecule has 5 rings (SSSR count). The van der Waals surface area contributed by atoms with E-state index in [1.54, 1.807) is 4.90 Å². The van der Waals surface area contributed by atoms with Crippen molar-refractivity contribution in [3.8, 4) is 0 Å². The van der Waals surface area contributed by atoms with E-state index >= 15 is 0 Å². The van der Waals surface area contributed by atoms with E-state index in [-0.39, 0.29) is 29.7 Å². The summed E-state index contributed by atoms with van der Waals surface area (Å²) in [6.07, 6.45) is 4.75. The van der Waals surface area contributed by atoms with Gasteiger partial charge in [-0.05, 0) is 36.5 Å². The van der Waals surface area contributed by atoms with Gasteiger partial charge in [0.1, 0.15) is 5.60 Å². The van der Waals surface area contributed by atoms with Crippen molar-refractivity contribution in [1.29, 1.82) is 0 Å². The monoisotopic (exact) mass is 333 g/mol. The van der Waals surface area contributed by atoms with Crippen molar-refractivity contribution in [3.63, 3.8) is 0 Å². The van der Waals surface area contributed by atoms with Gasteiger partial charge in [0.05, 0.1) is 25.2 Å². The Labute approximate surface area is 142 Å². The zero-order valence-electron chi connectivity index (χ0n) is 14.6. The maximum absolute atomic E-state index is 12.3. The predicted octanol–water partition coefficient (Wildman–Crippen LogP) is 1.21. The third kappa shape index (κ3) is 1.98. The molecule has 0 radical (unpaired) electrons. The Morgan fingerprint density at radius 1 is 1.08 bits per heavy atom. The van der Waals surface area contributed by atoms with Gasteiger partial charge in [-0.2, -0.15) is 0 Å². The molecule has 2 spiro atoms. The first kappa shape index (κ1) is 15.0. The van der Waals surface area contributed by atoms with E-state index in [2.05, 4.69) is 19.2 Å². The lowest BCUT2D eigenvalue weighted by Crippen LogP contribution is -2.77. The maximum atomic E-state index is 12.3. The Morgan fingerprint density at radius 2 is 1.71 bits per heavy atom. The molecule has 1 N–H and O–H groups in total. The zero-order valence-corrected chi connectivity index (χ0v) is 14.6. The van der Waals surface area contributed by atoms with Crippen molar-refractivity contribution in [1.82, 2.24) is 15.1 Å². The van der Waals surface area contributed by atoms with Gasteiger partial charge in [-0.25, -0.2) is 4.79 Å². The second kappa shape index (κ2) is 4.45. The Morgan fingerprint density at radius 3 is 2.25 bits per heavy atom. The van der Waals surface area contributed by atoms with Crippen molar-refractivity contribution in [3.05, 3.63) is 0 Å². The van der Waals surface area contributed by atoms with Gasteiger partial charge in [0, 0.05) is 19.5 Å². The number of piperidine rings is 1. The summed E-state index contributed by atoms with van der Waals surface area (Å²) in [7, 11) is 0. The van der Waals surface area contributed by atoms with Crippen LogP contribution in [0.4, 0.5) is 4.79 Å². The summed E-state index contributed by atoms with van der Waals surface area (Å²) < 4.78 is 6.11. The van der Waals surface area contributed by atoms with Crippen molar-refractivity contribution in [2.75, 3.05) is 32.7 Å². The molecule has 6 heteroatoms. The highest BCUT2D eigenvalue weighted by atomic mass is 16.6. The van der Waals surface area contributed by atoms with Crippen LogP contribution in [-0.4, -0.2) is 65.7 Å². The number of urea groups is 1. The highest BCUT2D eigenvalue weighted by Gasteiger charge is 2.64. The van der Waals surface area contributed by atoms with Crippen LogP contribution in [0.2, 0.25) is 0 Å². The lowest BCUT2D eigenvalue weighted by molar-refractivity contribution is -0.334. The Balaban J connectivity index is 1.04. The standard InChI is InChI=1S/C18H27N3O3/c1-16(2)12-7-20(8-13(12)16)14(22)6-19-15(23)21-10-18(11-21)9-17(24-18)4-3-5-17/h12-13H,3-11H2,1-2H3,(H,19,23). The molecule has 3 amide bonds. The minimum absolute atomic E-state index is 0.0508. The number of likely N-dealkylation sites (tertiary alicyclic amines) is 2. The Bertz CT molecular complexity index is 583. The summed E-state index contributed by atoms with van der Waals surface area (Å²) in [6, 6.07) is -0.128. The topological polar surface area (TPSA) is 61.9 Å². The molecule has 5 fully saturated rings. The van der Waals surface area contributed by atoms with E-state index in [1.165, 1.54) is 19.3 Å². The van der Waals surface area contributed by atoms with Crippen LogP contribution in [0.25, 0.3) is 0 Å². The zero-order chi connectivity index (χ0) is 16.7. The summed E-state index contributed by atoms with van der Waals surface area (Å²) in [5, 5.41) is 2.79. The average molecular weight is 333 g/mol. The first-order valence-corrected chi connectivity index (χ1v) is 9.33. The molecule has 3 saturated heterocycles. The third-order valence-corrected chi connectivity index (χ3v) is 7.45. The van der Waals surface area contributed by atoms with E-state index in [4.69, 9.17) is 4.74 Å². The largest absolute Gasteiger partial charge is 0.365 e. The maximum Gasteiger partial charge on any atom is 0.318 e. The molecule has 3 aliphatic heterocycles. The van der Waals surface area contributed by atoms with Gasteiger partial charge >= 0.3 is 6.03 Å². The average Bonchev–Trinajstić information content (AvgIpc) is 2.80. The highest BCUT2D eigenvalue weighted by Crippen LogP contribution is 2.62. The van der Waals surface area contributed by atoms with Crippen LogP contribution < -0.4 is 5.32 Å². The fourth-order valence-corrected chi connectivity index (χ4v) is 5.57. The van der Waals surface area contributed by atoms with Crippen LogP contribution >= 0.6 is 0 Å². The second-order valence-electron chi connectivity index (χ2n) is 9.35. The minimum atomic E-state index is -0.128. The molecule has 3 heterocycles. The van der Waals surface area contributed by atoms with Gasteiger partial charge in [0.25, 0.3) is 0 Å². The van der Waals surface area contributed by atoms with Crippen molar-refractivity contribution < 1.29 is 14.3 Å². The molecule has 0 aromatic heterocycles. The molecule has 0 aromatic carbocycles. The van der Waals surface area contributed by atoms with Crippen LogP contribution in [0.3, 0.4) is 0 Å². The first-order valence-electron chi connectivity index (χ1n) is 9.33. The minimum Gasteiger partial charge on any atom is -0.365 e. The van der Waals surface area contributed by atoms with Crippen molar-refractivity contribution >= 4 is 11.9 Å². The number of amides is 3. The molecule has 2 aliphatic carbocycles. The number of rotatable bonds is 2. The summed E-state index contributed by atoms with van der Waals surface area (Å²) >= 11 is 0. The highest BCUT2D eigenvalue weighted by molar-refractivity contribution is 5.84. The van der Waals surface area contributed by atoms with Gasteiger partial charge in [-0.15, -0.1) is 0 Å². The summed E-state index contributed by atoms with van der Waals surface area (Å²) in [4.78, 5) is 28.1. The molecule has 2 unspecified atom stereocenters. The molecule has 5 aliphatic rings. The molecular formula is C18H27N3O3. The number of nitrogens with one attached hydrogen (secondary N) is 1. The predicted molar refractivity (Wildman–Crippen MR) is 87.3 cm³/mol. The summed E-state index contributed by atoms with van der Waals surface area (Å²) in [5.74, 6) is 1.36. The Hall–Kier alpha value is -1.30. The first-order chi connectivity index (χ1) is 11.3. The molecular weight excluding hydrogens is 306 g/mol. The molecule has 24 heavy (non-hydrogen) atoms. The smallest absolute Gasteiger partial charge is 0.318 e. The molecule has 2 saturated carbocycles. The van der Waals surface area contributed by atoms with E-state index in [1.807, 2.05) is 4.90 Å². The number of fused-ring (bicyclic) bond motifs is 1. The lowest BCUT2D eigenvalue weighted by atomic mass is 9.64. The van der Waals surface area contributed by atoms with Crippen LogP contribution in [0.1, 0.15) is 39.5 Å². The molecule has 6 nitrogen and oxygen atoms in total. The van der Waals surface area contributed by atoms with E-state index in [0.717, 1.165) is 19.5 Å². The number of ether oxygens (including phenoxy) is 1. The molecule has 132 valence electrons. The Kier molecular flexibility index (Phi) is 2.78. The fourth-order valence-electron chi connectivity index (χ4n) is 5.57. The quantitative estimate of drug-likeness (QED) is 0.826. The van der Waals surface area contributed by atoms with Gasteiger partial charge in [-0.1, -0.05) is 13.8 Å². The number of carbonyl (C=O) groups is 2. The summed E-state index contributed by atoms with van der Waals surface area (Å²) in [5.41, 5.74) is 0.513. The number of nitrogens with zero attached hydrogens (tertiary/aromatic N) is 2. The molecule has 2 atom stereocenters. The van der Waals surface area contributed by atoms with Gasteiger partial charge in [0.2, 0.25) is 5.91 Å². The van der Waals surface area contributed by atoms with E-state index in [0.29, 0.717) is 30.3 Å². The third-order valence-electron chi connectivity index (χ3n) is 7.45. The number of hydrogen-bond acceptors (Lipinski definition) is 3.